The second-order valence-corrected chi connectivity index (χ2v) is 4.35. The Bertz CT molecular complexity index is 294. The van der Waals surface area contributed by atoms with Crippen molar-refractivity contribution in [2.75, 3.05) is 11.9 Å². The summed E-state index contributed by atoms with van der Waals surface area (Å²) < 4.78 is 0. The fourth-order valence-corrected chi connectivity index (χ4v) is 1.46. The smallest absolute Gasteiger partial charge is 0.0453 e. The van der Waals surface area contributed by atoms with Gasteiger partial charge in [-0.1, -0.05) is 12.1 Å². The molecule has 0 aliphatic carbocycles. The SMILES string of the molecule is Cc1cccc(NC(C)(C)CCO)c1. The number of hydrogen-bond acceptors (Lipinski definition) is 2. The van der Waals surface area contributed by atoms with Gasteiger partial charge in [0.2, 0.25) is 0 Å². The summed E-state index contributed by atoms with van der Waals surface area (Å²) in [5.41, 5.74) is 2.31. The number of aliphatic hydroxyl groups is 1. The van der Waals surface area contributed by atoms with Gasteiger partial charge in [0.25, 0.3) is 0 Å². The Labute approximate surface area is 86.0 Å². The van der Waals surface area contributed by atoms with Crippen LogP contribution in [0.25, 0.3) is 0 Å². The van der Waals surface area contributed by atoms with Crippen LogP contribution in [0.4, 0.5) is 5.69 Å². The summed E-state index contributed by atoms with van der Waals surface area (Å²) in [7, 11) is 0. The molecule has 78 valence electrons. The fraction of sp³-hybridized carbons (Fsp3) is 0.500. The fourth-order valence-electron chi connectivity index (χ4n) is 1.46. The van der Waals surface area contributed by atoms with Crippen LogP contribution in [-0.2, 0) is 0 Å². The van der Waals surface area contributed by atoms with Gasteiger partial charge in [0.1, 0.15) is 0 Å². The number of anilines is 1. The number of nitrogens with one attached hydrogen (secondary N) is 1. The highest BCUT2D eigenvalue weighted by atomic mass is 16.3. The van der Waals surface area contributed by atoms with Crippen LogP contribution in [-0.4, -0.2) is 17.3 Å². The topological polar surface area (TPSA) is 32.3 Å². The summed E-state index contributed by atoms with van der Waals surface area (Å²) in [5.74, 6) is 0. The second-order valence-electron chi connectivity index (χ2n) is 4.35. The van der Waals surface area contributed by atoms with E-state index in [1.165, 1.54) is 5.56 Å². The van der Waals surface area contributed by atoms with Crippen molar-refractivity contribution in [2.24, 2.45) is 0 Å². The van der Waals surface area contributed by atoms with Crippen molar-refractivity contribution >= 4 is 5.69 Å². The molecule has 2 heteroatoms. The van der Waals surface area contributed by atoms with Crippen LogP contribution < -0.4 is 5.32 Å². The van der Waals surface area contributed by atoms with Crippen LogP contribution in [0.2, 0.25) is 0 Å². The molecule has 0 amide bonds. The van der Waals surface area contributed by atoms with Crippen LogP contribution in [0.5, 0.6) is 0 Å². The molecular formula is C12H19NO. The standard InChI is InChI=1S/C12H19NO/c1-10-5-4-6-11(9-10)13-12(2,3)7-8-14/h4-6,9,13-14H,7-8H2,1-3H3. The highest BCUT2D eigenvalue weighted by molar-refractivity contribution is 5.47. The van der Waals surface area contributed by atoms with E-state index in [2.05, 4.69) is 38.2 Å². The van der Waals surface area contributed by atoms with E-state index in [0.717, 1.165) is 12.1 Å². The maximum atomic E-state index is 8.89. The normalized spacial score (nSPS) is 11.4. The zero-order valence-electron chi connectivity index (χ0n) is 9.17. The minimum Gasteiger partial charge on any atom is -0.396 e. The lowest BCUT2D eigenvalue weighted by Gasteiger charge is -2.26. The molecule has 0 heterocycles. The van der Waals surface area contributed by atoms with Gasteiger partial charge in [-0.3, -0.25) is 0 Å². The molecule has 1 aromatic rings. The third-order valence-corrected chi connectivity index (χ3v) is 2.24. The van der Waals surface area contributed by atoms with Gasteiger partial charge in [-0.2, -0.15) is 0 Å². The Morgan fingerprint density at radius 1 is 1.36 bits per heavy atom. The van der Waals surface area contributed by atoms with E-state index in [4.69, 9.17) is 5.11 Å². The number of hydrogen-bond donors (Lipinski definition) is 2. The molecule has 0 atom stereocenters. The summed E-state index contributed by atoms with van der Waals surface area (Å²) in [6.07, 6.45) is 0.751. The van der Waals surface area contributed by atoms with Crippen molar-refractivity contribution in [1.29, 1.82) is 0 Å². The first kappa shape index (κ1) is 11.1. The van der Waals surface area contributed by atoms with Crippen LogP contribution in [0, 0.1) is 6.92 Å². The molecule has 0 spiro atoms. The van der Waals surface area contributed by atoms with Gasteiger partial charge in [-0.15, -0.1) is 0 Å². The molecule has 0 aliphatic heterocycles. The zero-order chi connectivity index (χ0) is 10.6. The van der Waals surface area contributed by atoms with E-state index >= 15 is 0 Å². The molecule has 0 unspecified atom stereocenters. The molecule has 2 N–H and O–H groups in total. The maximum absolute atomic E-state index is 8.89. The predicted molar refractivity (Wildman–Crippen MR) is 60.6 cm³/mol. The molecular weight excluding hydrogens is 174 g/mol. The number of benzene rings is 1. The molecule has 1 rings (SSSR count). The largest absolute Gasteiger partial charge is 0.396 e. The third kappa shape index (κ3) is 3.38. The Balaban J connectivity index is 2.68. The summed E-state index contributed by atoms with van der Waals surface area (Å²) in [6.45, 7) is 6.47. The van der Waals surface area contributed by atoms with Crippen LogP contribution in [0.3, 0.4) is 0 Å². The summed E-state index contributed by atoms with van der Waals surface area (Å²) in [6, 6.07) is 8.27. The van der Waals surface area contributed by atoms with Crippen molar-refractivity contribution in [2.45, 2.75) is 32.7 Å². The van der Waals surface area contributed by atoms with Crippen molar-refractivity contribution in [3.8, 4) is 0 Å². The minimum atomic E-state index is -0.0530. The van der Waals surface area contributed by atoms with Crippen molar-refractivity contribution < 1.29 is 5.11 Å². The molecule has 2 nitrogen and oxygen atoms in total. The second kappa shape index (κ2) is 4.47. The molecule has 0 aromatic heterocycles. The van der Waals surface area contributed by atoms with Gasteiger partial charge in [-0.25, -0.2) is 0 Å². The molecule has 1 aromatic carbocycles. The molecule has 0 bridgehead atoms. The lowest BCUT2D eigenvalue weighted by atomic mass is 10.0. The molecule has 0 fully saturated rings. The van der Waals surface area contributed by atoms with Crippen molar-refractivity contribution in [1.82, 2.24) is 0 Å². The number of aryl methyl sites for hydroxylation is 1. The van der Waals surface area contributed by atoms with Gasteiger partial charge in [-0.05, 0) is 44.9 Å². The van der Waals surface area contributed by atoms with Gasteiger partial charge >= 0.3 is 0 Å². The van der Waals surface area contributed by atoms with E-state index in [0.29, 0.717) is 0 Å². The summed E-state index contributed by atoms with van der Waals surface area (Å²) in [5, 5.41) is 12.3. The Hall–Kier alpha value is -1.02. The average molecular weight is 193 g/mol. The van der Waals surface area contributed by atoms with E-state index in [-0.39, 0.29) is 12.1 Å². The molecule has 0 aliphatic rings. The van der Waals surface area contributed by atoms with Crippen LogP contribution in [0.1, 0.15) is 25.8 Å². The average Bonchev–Trinajstić information content (AvgIpc) is 2.02. The monoisotopic (exact) mass is 193 g/mol. The summed E-state index contributed by atoms with van der Waals surface area (Å²) >= 11 is 0. The van der Waals surface area contributed by atoms with E-state index < -0.39 is 0 Å². The predicted octanol–water partition coefficient (Wildman–Crippen LogP) is 2.57. The molecule has 0 saturated heterocycles. The summed E-state index contributed by atoms with van der Waals surface area (Å²) in [4.78, 5) is 0. The van der Waals surface area contributed by atoms with Crippen molar-refractivity contribution in [3.05, 3.63) is 29.8 Å². The number of aliphatic hydroxyl groups excluding tert-OH is 1. The maximum Gasteiger partial charge on any atom is 0.0453 e. The lowest BCUT2D eigenvalue weighted by molar-refractivity contribution is 0.261. The Kier molecular flexibility index (Phi) is 3.53. The van der Waals surface area contributed by atoms with E-state index in [1.807, 2.05) is 12.1 Å². The number of rotatable bonds is 4. The van der Waals surface area contributed by atoms with Crippen LogP contribution in [0.15, 0.2) is 24.3 Å². The Morgan fingerprint density at radius 2 is 2.07 bits per heavy atom. The first-order valence-corrected chi connectivity index (χ1v) is 4.99. The molecule has 0 saturated carbocycles. The third-order valence-electron chi connectivity index (χ3n) is 2.24. The first-order valence-electron chi connectivity index (χ1n) is 4.99. The van der Waals surface area contributed by atoms with Crippen molar-refractivity contribution in [3.63, 3.8) is 0 Å². The van der Waals surface area contributed by atoms with Gasteiger partial charge < -0.3 is 10.4 Å². The van der Waals surface area contributed by atoms with E-state index in [1.54, 1.807) is 0 Å². The van der Waals surface area contributed by atoms with E-state index in [9.17, 15) is 0 Å². The minimum absolute atomic E-state index is 0.0530. The van der Waals surface area contributed by atoms with Gasteiger partial charge in [0, 0.05) is 17.8 Å². The quantitative estimate of drug-likeness (QED) is 0.770. The zero-order valence-corrected chi connectivity index (χ0v) is 9.17. The van der Waals surface area contributed by atoms with Gasteiger partial charge in [0.05, 0.1) is 0 Å². The lowest BCUT2D eigenvalue weighted by Crippen LogP contribution is -2.31. The molecule has 0 radical (unpaired) electrons. The highest BCUT2D eigenvalue weighted by Gasteiger charge is 2.15. The van der Waals surface area contributed by atoms with Gasteiger partial charge in [0.15, 0.2) is 0 Å². The Morgan fingerprint density at radius 3 is 2.64 bits per heavy atom. The molecule has 14 heavy (non-hydrogen) atoms. The first-order chi connectivity index (χ1) is 6.53. The van der Waals surface area contributed by atoms with Crippen LogP contribution >= 0.6 is 0 Å². The highest BCUT2D eigenvalue weighted by Crippen LogP contribution is 2.18.